The van der Waals surface area contributed by atoms with Gasteiger partial charge in [0.15, 0.2) is 0 Å². The van der Waals surface area contributed by atoms with Crippen LogP contribution in [0.3, 0.4) is 0 Å². The quantitative estimate of drug-likeness (QED) is 0.843. The van der Waals surface area contributed by atoms with Crippen LogP contribution in [0, 0.1) is 0 Å². The smallest absolute Gasteiger partial charge is 0.274 e. The molecule has 0 atom stereocenters. The van der Waals surface area contributed by atoms with Crippen molar-refractivity contribution in [2.24, 2.45) is 0 Å². The summed E-state index contributed by atoms with van der Waals surface area (Å²) < 4.78 is 0. The molecule has 1 aliphatic rings. The Morgan fingerprint density at radius 3 is 2.82 bits per heavy atom. The van der Waals surface area contributed by atoms with Crippen LogP contribution in [-0.2, 0) is 0 Å². The fourth-order valence-electron chi connectivity index (χ4n) is 2.21. The molecule has 5 heteroatoms. The number of nitrogens with zero attached hydrogens (tertiary/aromatic N) is 3. The van der Waals surface area contributed by atoms with Crippen molar-refractivity contribution in [2.45, 2.75) is 32.2 Å². The highest BCUT2D eigenvalue weighted by molar-refractivity contribution is 5.93. The van der Waals surface area contributed by atoms with Gasteiger partial charge < -0.3 is 10.2 Å². The normalized spacial score (nSPS) is 18.2. The van der Waals surface area contributed by atoms with Crippen molar-refractivity contribution in [1.82, 2.24) is 14.9 Å². The average molecular weight is 234 g/mol. The second kappa shape index (κ2) is 4.31. The Labute approximate surface area is 101 Å². The van der Waals surface area contributed by atoms with Crippen LogP contribution in [-0.4, -0.2) is 39.9 Å². The largest absolute Gasteiger partial charge is 0.372 e. The van der Waals surface area contributed by atoms with Crippen LogP contribution in [0.4, 0.5) is 5.82 Å². The molecule has 1 fully saturated rings. The minimum Gasteiger partial charge on any atom is -0.372 e. The SMILES string of the molecule is CNc1cncc(C(=O)N2CCCC2(C)C)n1. The first-order chi connectivity index (χ1) is 8.04. The highest BCUT2D eigenvalue weighted by Gasteiger charge is 2.36. The van der Waals surface area contributed by atoms with E-state index in [1.165, 1.54) is 6.20 Å². The third-order valence-corrected chi connectivity index (χ3v) is 3.26. The van der Waals surface area contributed by atoms with Crippen LogP contribution in [0.5, 0.6) is 0 Å². The van der Waals surface area contributed by atoms with Gasteiger partial charge in [0.1, 0.15) is 11.5 Å². The van der Waals surface area contributed by atoms with Crippen molar-refractivity contribution in [2.75, 3.05) is 18.9 Å². The molecule has 2 heterocycles. The highest BCUT2D eigenvalue weighted by Crippen LogP contribution is 2.29. The molecule has 2 rings (SSSR count). The summed E-state index contributed by atoms with van der Waals surface area (Å²) in [7, 11) is 1.76. The maximum atomic E-state index is 12.3. The molecule has 1 aliphatic heterocycles. The number of hydrogen-bond donors (Lipinski definition) is 1. The molecular formula is C12H18N4O. The third-order valence-electron chi connectivity index (χ3n) is 3.26. The first-order valence-corrected chi connectivity index (χ1v) is 5.86. The van der Waals surface area contributed by atoms with Crippen LogP contribution in [0.1, 0.15) is 37.2 Å². The van der Waals surface area contributed by atoms with Gasteiger partial charge in [0.25, 0.3) is 5.91 Å². The molecule has 1 N–H and O–H groups in total. The van der Waals surface area contributed by atoms with Crippen LogP contribution < -0.4 is 5.32 Å². The van der Waals surface area contributed by atoms with E-state index in [0.717, 1.165) is 19.4 Å². The second-order valence-electron chi connectivity index (χ2n) is 4.91. The van der Waals surface area contributed by atoms with E-state index in [1.54, 1.807) is 13.2 Å². The van der Waals surface area contributed by atoms with Gasteiger partial charge in [0.2, 0.25) is 0 Å². The Bertz CT molecular complexity index is 430. The standard InChI is InChI=1S/C12H18N4O/c1-12(2)5-4-6-16(12)11(17)9-7-14-8-10(13-3)15-9/h7-8H,4-6H2,1-3H3,(H,13,15). The molecule has 17 heavy (non-hydrogen) atoms. The highest BCUT2D eigenvalue weighted by atomic mass is 16.2. The zero-order chi connectivity index (χ0) is 12.5. The number of amides is 1. The Morgan fingerprint density at radius 2 is 2.24 bits per heavy atom. The van der Waals surface area contributed by atoms with Gasteiger partial charge in [-0.1, -0.05) is 0 Å². The lowest BCUT2D eigenvalue weighted by Gasteiger charge is -2.31. The fraction of sp³-hybridized carbons (Fsp3) is 0.583. The van der Waals surface area contributed by atoms with E-state index in [0.29, 0.717) is 11.5 Å². The Morgan fingerprint density at radius 1 is 1.47 bits per heavy atom. The molecule has 1 aromatic heterocycles. The number of nitrogens with one attached hydrogen (secondary N) is 1. The number of carbonyl (C=O) groups is 1. The van der Waals surface area contributed by atoms with E-state index < -0.39 is 0 Å². The zero-order valence-electron chi connectivity index (χ0n) is 10.5. The molecule has 0 aliphatic carbocycles. The molecule has 1 saturated heterocycles. The van der Waals surface area contributed by atoms with E-state index >= 15 is 0 Å². The Kier molecular flexibility index (Phi) is 3.00. The van der Waals surface area contributed by atoms with Gasteiger partial charge in [-0.2, -0.15) is 0 Å². The maximum Gasteiger partial charge on any atom is 0.274 e. The van der Waals surface area contributed by atoms with Gasteiger partial charge in [-0.15, -0.1) is 0 Å². The van der Waals surface area contributed by atoms with Crippen molar-refractivity contribution in [3.63, 3.8) is 0 Å². The number of carbonyl (C=O) groups excluding carboxylic acids is 1. The zero-order valence-corrected chi connectivity index (χ0v) is 10.5. The van der Waals surface area contributed by atoms with Crippen LogP contribution in [0.2, 0.25) is 0 Å². The topological polar surface area (TPSA) is 58.1 Å². The van der Waals surface area contributed by atoms with Gasteiger partial charge in [-0.3, -0.25) is 9.78 Å². The second-order valence-corrected chi connectivity index (χ2v) is 4.91. The minimum absolute atomic E-state index is 0.0305. The van der Waals surface area contributed by atoms with Gasteiger partial charge in [0.05, 0.1) is 12.4 Å². The number of anilines is 1. The van der Waals surface area contributed by atoms with Crippen molar-refractivity contribution >= 4 is 11.7 Å². The predicted octanol–water partition coefficient (Wildman–Crippen LogP) is 1.53. The third kappa shape index (κ3) is 2.23. The van der Waals surface area contributed by atoms with E-state index in [-0.39, 0.29) is 11.4 Å². The monoisotopic (exact) mass is 234 g/mol. The van der Waals surface area contributed by atoms with Crippen molar-refractivity contribution in [3.05, 3.63) is 18.1 Å². The van der Waals surface area contributed by atoms with Gasteiger partial charge in [-0.05, 0) is 26.7 Å². The summed E-state index contributed by atoms with van der Waals surface area (Å²) in [6.07, 6.45) is 5.22. The summed E-state index contributed by atoms with van der Waals surface area (Å²) in [5.74, 6) is 0.588. The average Bonchev–Trinajstić information content (AvgIpc) is 2.68. The Balaban J connectivity index is 2.25. The molecule has 0 radical (unpaired) electrons. The molecule has 0 bridgehead atoms. The van der Waals surface area contributed by atoms with E-state index in [2.05, 4.69) is 29.1 Å². The number of likely N-dealkylation sites (tertiary alicyclic amines) is 1. The number of hydrogen-bond acceptors (Lipinski definition) is 4. The van der Waals surface area contributed by atoms with E-state index in [1.807, 2.05) is 4.90 Å². The van der Waals surface area contributed by atoms with Gasteiger partial charge in [0, 0.05) is 19.1 Å². The molecule has 5 nitrogen and oxygen atoms in total. The molecule has 0 spiro atoms. The summed E-state index contributed by atoms with van der Waals surface area (Å²) in [6.45, 7) is 4.98. The van der Waals surface area contributed by atoms with E-state index in [9.17, 15) is 4.79 Å². The van der Waals surface area contributed by atoms with Crippen LogP contribution in [0.25, 0.3) is 0 Å². The first kappa shape index (κ1) is 11.8. The number of rotatable bonds is 2. The summed E-state index contributed by atoms with van der Waals surface area (Å²) in [5, 5.41) is 2.89. The van der Waals surface area contributed by atoms with Crippen molar-refractivity contribution < 1.29 is 4.79 Å². The fourth-order valence-corrected chi connectivity index (χ4v) is 2.21. The summed E-state index contributed by atoms with van der Waals surface area (Å²) >= 11 is 0. The van der Waals surface area contributed by atoms with Crippen LogP contribution >= 0.6 is 0 Å². The number of aromatic nitrogens is 2. The lowest BCUT2D eigenvalue weighted by molar-refractivity contribution is 0.0645. The minimum atomic E-state index is -0.0750. The maximum absolute atomic E-state index is 12.3. The van der Waals surface area contributed by atoms with Crippen LogP contribution in [0.15, 0.2) is 12.4 Å². The molecule has 1 amide bonds. The molecular weight excluding hydrogens is 216 g/mol. The molecule has 92 valence electrons. The lowest BCUT2D eigenvalue weighted by atomic mass is 10.0. The molecule has 0 saturated carbocycles. The summed E-state index contributed by atoms with van der Waals surface area (Å²) in [4.78, 5) is 22.5. The van der Waals surface area contributed by atoms with Gasteiger partial charge in [-0.25, -0.2) is 4.98 Å². The van der Waals surface area contributed by atoms with Crippen molar-refractivity contribution in [3.8, 4) is 0 Å². The predicted molar refractivity (Wildman–Crippen MR) is 65.9 cm³/mol. The van der Waals surface area contributed by atoms with Gasteiger partial charge >= 0.3 is 0 Å². The molecule has 0 aromatic carbocycles. The summed E-state index contributed by atoms with van der Waals surface area (Å²) in [6, 6.07) is 0. The molecule has 1 aromatic rings. The summed E-state index contributed by atoms with van der Waals surface area (Å²) in [5.41, 5.74) is 0.334. The van der Waals surface area contributed by atoms with E-state index in [4.69, 9.17) is 0 Å². The van der Waals surface area contributed by atoms with Crippen molar-refractivity contribution in [1.29, 1.82) is 0 Å². The first-order valence-electron chi connectivity index (χ1n) is 5.86. The molecule has 0 unspecified atom stereocenters. The lowest BCUT2D eigenvalue weighted by Crippen LogP contribution is -2.43. The Hall–Kier alpha value is -1.65.